The molecule has 4 aliphatic heterocycles. The van der Waals surface area contributed by atoms with Crippen molar-refractivity contribution in [3.05, 3.63) is 0 Å². The SMILES string of the molecule is C[C@@H]1CC(N)[C@@H](O[C@H]2OC([C@H](O)CO)[C@@H](O)C(O)[C@@H]2N)[C@H](O[C@@H]2O[C@H](CN)[C@H](O)C2O)C1O.C[C@@H]1CC(N)[C@@H](O[C@H]2OC([C@H](O)CO)[C@@H](O)C(O)[C@@H]2N)[C@H](O[C@@H]2O[C@H]([C@H](C)N)[C@H](O)C2O)C1O. The van der Waals surface area contributed by atoms with Gasteiger partial charge in [-0.3, -0.25) is 0 Å². The molecule has 26 N–H and O–H groups in total. The minimum atomic E-state index is -1.59. The smallest absolute Gasteiger partial charge is 0.187 e. The van der Waals surface area contributed by atoms with E-state index in [4.69, 9.17) is 72.3 Å². The molecule has 2 saturated carbocycles. The first-order chi connectivity index (χ1) is 31.4. The highest BCUT2D eigenvalue weighted by Crippen LogP contribution is 2.37. The van der Waals surface area contributed by atoms with Crippen LogP contribution >= 0.6 is 0 Å². The molecule has 10 unspecified atom stereocenters. The quantitative estimate of drug-likeness (QED) is 0.0768. The van der Waals surface area contributed by atoms with Crippen LogP contribution in [0.5, 0.6) is 0 Å². The first-order valence-corrected chi connectivity index (χ1v) is 22.5. The van der Waals surface area contributed by atoms with Crippen molar-refractivity contribution in [2.45, 2.75) is 211 Å². The molecular weight excluding hydrogens is 904 g/mol. The first kappa shape index (κ1) is 56.8. The summed E-state index contributed by atoms with van der Waals surface area (Å²) in [5, 5.41) is 142. The lowest BCUT2D eigenvalue weighted by Crippen LogP contribution is -2.67. The molecule has 0 amide bonds. The second kappa shape index (κ2) is 24.1. The molecule has 6 fully saturated rings. The summed E-state index contributed by atoms with van der Waals surface area (Å²) in [5.74, 6) is -0.652. The van der Waals surface area contributed by atoms with E-state index in [2.05, 4.69) is 0 Å². The van der Waals surface area contributed by atoms with Gasteiger partial charge in [0.15, 0.2) is 25.2 Å². The lowest BCUT2D eigenvalue weighted by molar-refractivity contribution is -0.319. The zero-order valence-electron chi connectivity index (χ0n) is 37.4. The molecule has 0 bridgehead atoms. The predicted molar refractivity (Wildman–Crippen MR) is 223 cm³/mol. The van der Waals surface area contributed by atoms with Crippen LogP contribution in [0.15, 0.2) is 0 Å². The third-order valence-corrected chi connectivity index (χ3v) is 13.6. The molecule has 0 aromatic carbocycles. The van der Waals surface area contributed by atoms with Gasteiger partial charge in [0, 0.05) is 24.7 Å². The molecule has 394 valence electrons. The summed E-state index contributed by atoms with van der Waals surface area (Å²) in [6.07, 6.45) is -31.0. The normalized spacial score (nSPS) is 52.0. The van der Waals surface area contributed by atoms with Gasteiger partial charge in [-0.2, -0.15) is 0 Å². The second-order valence-electron chi connectivity index (χ2n) is 18.8. The van der Waals surface area contributed by atoms with Crippen LogP contribution in [0.2, 0.25) is 0 Å². The van der Waals surface area contributed by atoms with Gasteiger partial charge in [0.25, 0.3) is 0 Å². The van der Waals surface area contributed by atoms with Gasteiger partial charge in [-0.25, -0.2) is 0 Å². The average molecular weight is 981 g/mol. The lowest BCUT2D eigenvalue weighted by atomic mass is 9.80. The van der Waals surface area contributed by atoms with Crippen LogP contribution in [-0.4, -0.2) is 269 Å². The number of hydrogen-bond acceptors (Lipinski definition) is 28. The topological polar surface area (TPSA) is 513 Å². The molecule has 4 saturated heterocycles. The van der Waals surface area contributed by atoms with Gasteiger partial charge >= 0.3 is 0 Å². The Morgan fingerprint density at radius 2 is 0.821 bits per heavy atom. The zero-order valence-corrected chi connectivity index (χ0v) is 37.4. The predicted octanol–water partition coefficient (Wildman–Crippen LogP) is -11.6. The van der Waals surface area contributed by atoms with Crippen LogP contribution in [0.4, 0.5) is 0 Å². The van der Waals surface area contributed by atoms with Gasteiger partial charge in [0.2, 0.25) is 0 Å². The van der Waals surface area contributed by atoms with Crippen LogP contribution in [0.3, 0.4) is 0 Å². The minimum Gasteiger partial charge on any atom is -0.394 e. The monoisotopic (exact) mass is 981 g/mol. The maximum absolute atomic E-state index is 10.9. The van der Waals surface area contributed by atoms with Crippen molar-refractivity contribution in [1.82, 2.24) is 0 Å². The molecule has 6 aliphatic rings. The summed E-state index contributed by atoms with van der Waals surface area (Å²) < 4.78 is 45.7. The third kappa shape index (κ3) is 12.2. The van der Waals surface area contributed by atoms with E-state index in [1.165, 1.54) is 0 Å². The van der Waals surface area contributed by atoms with E-state index in [1.54, 1.807) is 20.8 Å². The maximum atomic E-state index is 10.9. The van der Waals surface area contributed by atoms with Gasteiger partial charge < -0.3 is 144 Å². The Kier molecular flexibility index (Phi) is 20.4. The summed E-state index contributed by atoms with van der Waals surface area (Å²) in [6.45, 7) is 3.53. The van der Waals surface area contributed by atoms with E-state index in [-0.39, 0.29) is 18.4 Å². The highest BCUT2D eigenvalue weighted by atomic mass is 16.8. The standard InChI is InChI=1S/C20H39N3O11.C19H37N3O11/c1-5-3-7(22)16(32-19-9(23)11(27)12(28)17(33-19)8(25)4-24)18(10(5)26)34-20-14(30)13(29)15(31-20)6(2)21;1-5-2-6(21)15(17(10(5)25)33-19-14(29)11(26)8(3-20)30-19)31-18-9(22)12(27)13(28)16(32-18)7(24)4-23/h5-20,24-30H,3-4,21-23H2,1-2H3;5-19,23-29H,2-4,20-22H2,1H3/t5-,6+,7?,8-,9+,10?,11?,12+,13-,14?,15-,16-,17?,18-,19+,20+;5-,6?,7-,8-,9+,10?,11+,12?,13+,14?,15-,16?,17-,18+,19+/m11/s1. The number of aliphatic hydroxyl groups is 14. The van der Waals surface area contributed by atoms with Crippen molar-refractivity contribution in [1.29, 1.82) is 0 Å². The Labute approximate surface area is 386 Å². The lowest BCUT2D eigenvalue weighted by Gasteiger charge is -2.48. The van der Waals surface area contributed by atoms with Crippen LogP contribution in [0.1, 0.15) is 33.6 Å². The number of rotatable bonds is 14. The van der Waals surface area contributed by atoms with Crippen molar-refractivity contribution < 1.29 is 109 Å². The zero-order chi connectivity index (χ0) is 50.1. The van der Waals surface area contributed by atoms with Gasteiger partial charge in [-0.1, -0.05) is 13.8 Å². The molecule has 0 spiro atoms. The number of ether oxygens (including phenoxy) is 8. The molecule has 0 aromatic rings. The van der Waals surface area contributed by atoms with Crippen molar-refractivity contribution in [3.63, 3.8) is 0 Å². The van der Waals surface area contributed by atoms with Crippen LogP contribution in [-0.2, 0) is 37.9 Å². The fourth-order valence-corrected chi connectivity index (χ4v) is 9.37. The molecular formula is C39H76N6O22. The first-order valence-electron chi connectivity index (χ1n) is 22.5. The van der Waals surface area contributed by atoms with E-state index in [9.17, 15) is 71.5 Å². The van der Waals surface area contributed by atoms with Crippen molar-refractivity contribution >= 4 is 0 Å². The Morgan fingerprint density at radius 3 is 1.16 bits per heavy atom. The van der Waals surface area contributed by atoms with Crippen molar-refractivity contribution in [2.75, 3.05) is 19.8 Å². The molecule has 0 radical (unpaired) electrons. The van der Waals surface area contributed by atoms with E-state index < -0.39 is 191 Å². The molecule has 6 rings (SSSR count). The number of nitrogens with two attached hydrogens (primary N) is 6. The Hall–Kier alpha value is -1.12. The molecule has 28 nitrogen and oxygen atoms in total. The molecule has 67 heavy (non-hydrogen) atoms. The summed E-state index contributed by atoms with van der Waals surface area (Å²) in [5.41, 5.74) is 35.8. The summed E-state index contributed by atoms with van der Waals surface area (Å²) in [7, 11) is 0. The molecule has 31 atom stereocenters. The fourth-order valence-electron chi connectivity index (χ4n) is 9.37. The van der Waals surface area contributed by atoms with Crippen molar-refractivity contribution in [3.8, 4) is 0 Å². The summed E-state index contributed by atoms with van der Waals surface area (Å²) in [6, 6.07) is -4.55. The van der Waals surface area contributed by atoms with E-state index in [1.807, 2.05) is 0 Å². The van der Waals surface area contributed by atoms with Gasteiger partial charge in [0.05, 0.1) is 37.5 Å². The largest absolute Gasteiger partial charge is 0.394 e. The molecule has 28 heteroatoms. The Bertz CT molecular complexity index is 1510. The highest BCUT2D eigenvalue weighted by molar-refractivity contribution is 5.02. The van der Waals surface area contributed by atoms with Gasteiger partial charge in [-0.05, 0) is 31.6 Å². The summed E-state index contributed by atoms with van der Waals surface area (Å²) >= 11 is 0. The minimum absolute atomic E-state index is 0.0687. The third-order valence-electron chi connectivity index (χ3n) is 13.6. The van der Waals surface area contributed by atoms with E-state index >= 15 is 0 Å². The second-order valence-corrected chi connectivity index (χ2v) is 18.8. The highest BCUT2D eigenvalue weighted by Gasteiger charge is 2.55. The van der Waals surface area contributed by atoms with Crippen LogP contribution in [0, 0.1) is 11.8 Å². The van der Waals surface area contributed by atoms with E-state index in [0.29, 0.717) is 12.8 Å². The van der Waals surface area contributed by atoms with E-state index in [0.717, 1.165) is 0 Å². The molecule has 2 aliphatic carbocycles. The Morgan fingerprint density at radius 1 is 0.478 bits per heavy atom. The Balaban J connectivity index is 0.000000251. The summed E-state index contributed by atoms with van der Waals surface area (Å²) in [4.78, 5) is 0. The van der Waals surface area contributed by atoms with Gasteiger partial charge in [-0.15, -0.1) is 0 Å². The van der Waals surface area contributed by atoms with Crippen LogP contribution < -0.4 is 34.4 Å². The molecule has 4 heterocycles. The van der Waals surface area contributed by atoms with Gasteiger partial charge in [0.1, 0.15) is 110 Å². The van der Waals surface area contributed by atoms with Crippen molar-refractivity contribution in [2.24, 2.45) is 46.2 Å². The fraction of sp³-hybridized carbons (Fsp3) is 1.00. The average Bonchev–Trinajstić information content (AvgIpc) is 3.74. The number of aliphatic hydroxyl groups excluding tert-OH is 14. The number of hydrogen-bond donors (Lipinski definition) is 20. The van der Waals surface area contributed by atoms with Crippen LogP contribution in [0.25, 0.3) is 0 Å². The molecule has 0 aromatic heterocycles. The maximum Gasteiger partial charge on any atom is 0.187 e.